The molecule has 2 rings (SSSR count). The maximum atomic E-state index is 12.6. The van der Waals surface area contributed by atoms with E-state index in [1.54, 1.807) is 7.11 Å². The molecular weight excluding hydrogens is 330 g/mol. The lowest BCUT2D eigenvalue weighted by atomic mass is 10.1. The molecule has 6 heteroatoms. The van der Waals surface area contributed by atoms with Gasteiger partial charge in [0.25, 0.3) is 0 Å². The molecule has 6 nitrogen and oxygen atoms in total. The number of carbonyl (C=O) groups excluding carboxylic acids is 2. The summed E-state index contributed by atoms with van der Waals surface area (Å²) in [7, 11) is 5.61. The van der Waals surface area contributed by atoms with Crippen molar-refractivity contribution >= 4 is 23.2 Å². The van der Waals surface area contributed by atoms with E-state index in [1.165, 1.54) is 0 Å². The number of hydrogen-bond acceptors (Lipinski definition) is 4. The van der Waals surface area contributed by atoms with Gasteiger partial charge in [-0.25, -0.2) is 0 Å². The molecule has 1 aliphatic rings. The van der Waals surface area contributed by atoms with Crippen LogP contribution in [-0.4, -0.2) is 51.1 Å². The van der Waals surface area contributed by atoms with Crippen LogP contribution in [0.2, 0.25) is 0 Å². The van der Waals surface area contributed by atoms with E-state index in [-0.39, 0.29) is 23.7 Å². The monoisotopic (exact) mass is 361 g/mol. The number of hydrogen-bond donors (Lipinski definition) is 1. The fraction of sp³-hybridized carbons (Fsp3) is 0.600. The van der Waals surface area contributed by atoms with Crippen LogP contribution in [0.25, 0.3) is 0 Å². The highest BCUT2D eigenvalue weighted by atomic mass is 16.5. The van der Waals surface area contributed by atoms with Gasteiger partial charge >= 0.3 is 0 Å². The molecule has 0 radical (unpaired) electrons. The van der Waals surface area contributed by atoms with Crippen molar-refractivity contribution in [3.8, 4) is 0 Å². The lowest BCUT2D eigenvalue weighted by molar-refractivity contribution is -0.133. The molecule has 1 aliphatic carbocycles. The number of anilines is 2. The van der Waals surface area contributed by atoms with E-state index in [4.69, 9.17) is 4.74 Å². The quantitative estimate of drug-likeness (QED) is 0.735. The highest BCUT2D eigenvalue weighted by Crippen LogP contribution is 2.32. The molecule has 0 aromatic heterocycles. The number of carbonyl (C=O) groups is 2. The number of rotatable bonds is 9. The van der Waals surface area contributed by atoms with E-state index in [0.717, 1.165) is 29.8 Å². The summed E-state index contributed by atoms with van der Waals surface area (Å²) in [5.41, 5.74) is 2.81. The van der Waals surface area contributed by atoms with Gasteiger partial charge in [-0.1, -0.05) is 13.8 Å². The Hall–Kier alpha value is -2.08. The third kappa shape index (κ3) is 5.46. The summed E-state index contributed by atoms with van der Waals surface area (Å²) < 4.78 is 5.18. The van der Waals surface area contributed by atoms with Crippen LogP contribution in [0, 0.1) is 11.8 Å². The molecule has 1 saturated carbocycles. The molecule has 0 atom stereocenters. The van der Waals surface area contributed by atoms with Crippen molar-refractivity contribution in [2.24, 2.45) is 11.8 Å². The molecule has 0 saturated heterocycles. The first kappa shape index (κ1) is 20.2. The molecule has 0 aliphatic heterocycles. The Morgan fingerprint density at radius 1 is 1.27 bits per heavy atom. The standard InChI is InChI=1S/C20H31N3O3/c1-14(2)19(24)21-17-8-9-18(22(3)4)16(12-17)13-23(10-11-26-5)20(25)15-6-7-15/h8-9,12,14-15H,6-7,10-11,13H2,1-5H3,(H,21,24). The van der Waals surface area contributed by atoms with Crippen molar-refractivity contribution in [3.05, 3.63) is 23.8 Å². The molecule has 1 fully saturated rings. The molecule has 0 heterocycles. The zero-order chi connectivity index (χ0) is 19.3. The third-order valence-electron chi connectivity index (χ3n) is 4.52. The van der Waals surface area contributed by atoms with E-state index in [0.29, 0.717) is 19.7 Å². The van der Waals surface area contributed by atoms with Gasteiger partial charge in [-0.05, 0) is 36.6 Å². The first-order valence-electron chi connectivity index (χ1n) is 9.22. The van der Waals surface area contributed by atoms with Gasteiger partial charge in [-0.2, -0.15) is 0 Å². The van der Waals surface area contributed by atoms with Crippen LogP contribution < -0.4 is 10.2 Å². The second-order valence-electron chi connectivity index (χ2n) is 7.41. The minimum Gasteiger partial charge on any atom is -0.383 e. The summed E-state index contributed by atoms with van der Waals surface area (Å²) in [5, 5.41) is 2.94. The van der Waals surface area contributed by atoms with Crippen LogP contribution in [0.15, 0.2) is 18.2 Å². The van der Waals surface area contributed by atoms with Gasteiger partial charge in [0.2, 0.25) is 11.8 Å². The van der Waals surface area contributed by atoms with Crippen molar-refractivity contribution in [3.63, 3.8) is 0 Å². The van der Waals surface area contributed by atoms with Crippen molar-refractivity contribution in [1.29, 1.82) is 0 Å². The molecular formula is C20H31N3O3. The van der Waals surface area contributed by atoms with Gasteiger partial charge in [0, 0.05) is 57.5 Å². The van der Waals surface area contributed by atoms with Crippen molar-refractivity contribution in [2.45, 2.75) is 33.2 Å². The Balaban J connectivity index is 2.24. The number of amides is 2. The summed E-state index contributed by atoms with van der Waals surface area (Å²) in [6.45, 7) is 5.33. The topological polar surface area (TPSA) is 61.9 Å². The van der Waals surface area contributed by atoms with E-state index in [2.05, 4.69) is 5.32 Å². The normalized spacial score (nSPS) is 13.6. The molecule has 2 amide bonds. The summed E-state index contributed by atoms with van der Waals surface area (Å²) in [4.78, 5) is 28.5. The molecule has 0 spiro atoms. The lowest BCUT2D eigenvalue weighted by Gasteiger charge is -2.26. The third-order valence-corrected chi connectivity index (χ3v) is 4.52. The average Bonchev–Trinajstić information content (AvgIpc) is 3.42. The summed E-state index contributed by atoms with van der Waals surface area (Å²) in [6, 6.07) is 5.86. The smallest absolute Gasteiger partial charge is 0.226 e. The van der Waals surface area contributed by atoms with Crippen LogP contribution in [-0.2, 0) is 20.9 Å². The number of ether oxygens (including phenoxy) is 1. The van der Waals surface area contributed by atoms with Crippen LogP contribution in [0.1, 0.15) is 32.3 Å². The van der Waals surface area contributed by atoms with Crippen LogP contribution >= 0.6 is 0 Å². The predicted molar refractivity (Wildman–Crippen MR) is 104 cm³/mol. The Bertz CT molecular complexity index is 639. The Morgan fingerprint density at radius 2 is 1.96 bits per heavy atom. The van der Waals surface area contributed by atoms with E-state index < -0.39 is 0 Å². The summed E-state index contributed by atoms with van der Waals surface area (Å²) in [5.74, 6) is 0.266. The molecule has 1 aromatic carbocycles. The number of nitrogens with zero attached hydrogens (tertiary/aromatic N) is 2. The lowest BCUT2D eigenvalue weighted by Crippen LogP contribution is -2.35. The molecule has 144 valence electrons. The first-order chi connectivity index (χ1) is 12.3. The van der Waals surface area contributed by atoms with Crippen molar-refractivity contribution in [1.82, 2.24) is 4.90 Å². The van der Waals surface area contributed by atoms with Gasteiger partial charge in [-0.3, -0.25) is 9.59 Å². The van der Waals surface area contributed by atoms with Crippen LogP contribution in [0.5, 0.6) is 0 Å². The fourth-order valence-corrected chi connectivity index (χ4v) is 2.78. The van der Waals surface area contributed by atoms with E-state index in [1.807, 2.05) is 55.9 Å². The zero-order valence-corrected chi connectivity index (χ0v) is 16.5. The Labute approximate surface area is 156 Å². The fourth-order valence-electron chi connectivity index (χ4n) is 2.78. The summed E-state index contributed by atoms with van der Waals surface area (Å²) >= 11 is 0. The largest absolute Gasteiger partial charge is 0.383 e. The van der Waals surface area contributed by atoms with Crippen LogP contribution in [0.4, 0.5) is 11.4 Å². The Kier molecular flexibility index (Phi) is 7.03. The van der Waals surface area contributed by atoms with Gasteiger partial charge in [0.1, 0.15) is 0 Å². The molecule has 0 unspecified atom stereocenters. The van der Waals surface area contributed by atoms with Gasteiger partial charge < -0.3 is 19.9 Å². The highest BCUT2D eigenvalue weighted by Gasteiger charge is 2.33. The summed E-state index contributed by atoms with van der Waals surface area (Å²) in [6.07, 6.45) is 1.96. The molecule has 1 N–H and O–H groups in total. The molecule has 0 bridgehead atoms. The van der Waals surface area contributed by atoms with Gasteiger partial charge in [0.05, 0.1) is 6.61 Å². The van der Waals surface area contributed by atoms with E-state index >= 15 is 0 Å². The minimum absolute atomic E-state index is 0.0150. The molecule has 26 heavy (non-hydrogen) atoms. The Morgan fingerprint density at radius 3 is 2.50 bits per heavy atom. The highest BCUT2D eigenvalue weighted by molar-refractivity contribution is 5.92. The number of benzene rings is 1. The number of nitrogens with one attached hydrogen (secondary N) is 1. The first-order valence-corrected chi connectivity index (χ1v) is 9.22. The molecule has 1 aromatic rings. The second kappa shape index (κ2) is 9.03. The van der Waals surface area contributed by atoms with Gasteiger partial charge in [0.15, 0.2) is 0 Å². The predicted octanol–water partition coefficient (Wildman–Crippen LogP) is 2.73. The zero-order valence-electron chi connectivity index (χ0n) is 16.5. The second-order valence-corrected chi connectivity index (χ2v) is 7.41. The van der Waals surface area contributed by atoms with E-state index in [9.17, 15) is 9.59 Å². The average molecular weight is 361 g/mol. The minimum atomic E-state index is -0.0818. The maximum absolute atomic E-state index is 12.6. The van der Waals surface area contributed by atoms with Crippen molar-refractivity contribution in [2.75, 3.05) is 44.6 Å². The van der Waals surface area contributed by atoms with Crippen LogP contribution in [0.3, 0.4) is 0 Å². The SMILES string of the molecule is COCCN(Cc1cc(NC(=O)C(C)C)ccc1N(C)C)C(=O)C1CC1. The van der Waals surface area contributed by atoms with Crippen molar-refractivity contribution < 1.29 is 14.3 Å². The maximum Gasteiger partial charge on any atom is 0.226 e. The number of methoxy groups -OCH3 is 1. The van der Waals surface area contributed by atoms with Gasteiger partial charge in [-0.15, -0.1) is 0 Å².